The van der Waals surface area contributed by atoms with Crippen LogP contribution in [-0.4, -0.2) is 0 Å². The van der Waals surface area contributed by atoms with Gasteiger partial charge in [0, 0.05) is 9.79 Å². The predicted molar refractivity (Wildman–Crippen MR) is 89.2 cm³/mol. The molecule has 2 aromatic rings. The first kappa shape index (κ1) is 17.8. The van der Waals surface area contributed by atoms with Gasteiger partial charge in [-0.2, -0.15) is 0 Å². The third kappa shape index (κ3) is 7.07. The Balaban J connectivity index is 0.000000741. The van der Waals surface area contributed by atoms with E-state index in [-0.39, 0.29) is 0 Å². The first-order valence-electron chi connectivity index (χ1n) is 7.05. The number of benzene rings is 2. The van der Waals surface area contributed by atoms with E-state index in [0.717, 1.165) is 0 Å². The molecule has 0 bridgehead atoms. The van der Waals surface area contributed by atoms with Crippen molar-refractivity contribution in [1.29, 1.82) is 0 Å². The van der Waals surface area contributed by atoms with Crippen LogP contribution in [0.4, 0.5) is 0 Å². The molecule has 0 aromatic heterocycles. The molecule has 2 aromatic carbocycles. The lowest BCUT2D eigenvalue weighted by atomic mass is 10.2. The molecule has 0 aliphatic rings. The minimum absolute atomic E-state index is 1.31. The molecule has 0 fully saturated rings. The molecule has 0 unspecified atom stereocenters. The lowest BCUT2D eigenvalue weighted by Crippen LogP contribution is -1.77. The Morgan fingerprint density at radius 1 is 0.632 bits per heavy atom. The summed E-state index contributed by atoms with van der Waals surface area (Å²) in [7, 11) is 0. The zero-order chi connectivity index (χ0) is 14.7. The standard InChI is InChI=1S/C14H14S.2C2H6/c1-11-5-3-7-13(9-11)15-14-8-4-6-12(2)10-14;2*1-2/h3-10H,1-2H3;2*1-2H3. The highest BCUT2D eigenvalue weighted by molar-refractivity contribution is 7.99. The largest absolute Gasteiger partial charge is 0.0901 e. The van der Waals surface area contributed by atoms with Crippen molar-refractivity contribution >= 4 is 11.8 Å². The summed E-state index contributed by atoms with van der Waals surface area (Å²) in [5, 5.41) is 0. The molecule has 0 saturated heterocycles. The van der Waals surface area contributed by atoms with Gasteiger partial charge in [-0.3, -0.25) is 0 Å². The molecular weight excluding hydrogens is 248 g/mol. The summed E-state index contributed by atoms with van der Waals surface area (Å²) >= 11 is 1.82. The molecule has 19 heavy (non-hydrogen) atoms. The average Bonchev–Trinajstić information content (AvgIpc) is 2.43. The molecule has 1 heteroatoms. The van der Waals surface area contributed by atoms with E-state index >= 15 is 0 Å². The van der Waals surface area contributed by atoms with Crippen molar-refractivity contribution in [3.05, 3.63) is 59.7 Å². The molecule has 2 rings (SSSR count). The van der Waals surface area contributed by atoms with Crippen molar-refractivity contribution in [1.82, 2.24) is 0 Å². The van der Waals surface area contributed by atoms with Gasteiger partial charge in [0.1, 0.15) is 0 Å². The minimum Gasteiger partial charge on any atom is -0.0901 e. The van der Waals surface area contributed by atoms with E-state index < -0.39 is 0 Å². The molecule has 0 aliphatic heterocycles. The maximum atomic E-state index is 2.22. The van der Waals surface area contributed by atoms with Gasteiger partial charge in [-0.05, 0) is 38.1 Å². The van der Waals surface area contributed by atoms with Gasteiger partial charge in [0.15, 0.2) is 0 Å². The van der Waals surface area contributed by atoms with Crippen LogP contribution in [0.1, 0.15) is 38.8 Å². The Bertz CT molecular complexity index is 417. The molecule has 104 valence electrons. The summed E-state index contributed by atoms with van der Waals surface area (Å²) in [5.74, 6) is 0. The molecule has 0 saturated carbocycles. The lowest BCUT2D eigenvalue weighted by Gasteiger charge is -2.03. The normalized spacial score (nSPS) is 8.74. The second-order valence-electron chi connectivity index (χ2n) is 3.74. The molecule has 0 radical (unpaired) electrons. The minimum atomic E-state index is 1.31. The highest BCUT2D eigenvalue weighted by Crippen LogP contribution is 2.28. The van der Waals surface area contributed by atoms with Crippen LogP contribution >= 0.6 is 11.8 Å². The van der Waals surface area contributed by atoms with Crippen LogP contribution in [0.25, 0.3) is 0 Å². The van der Waals surface area contributed by atoms with Crippen molar-refractivity contribution in [2.45, 2.75) is 51.3 Å². The summed E-state index contributed by atoms with van der Waals surface area (Å²) in [6, 6.07) is 17.2. The number of aryl methyl sites for hydroxylation is 2. The predicted octanol–water partition coefficient (Wildman–Crippen LogP) is 6.51. The molecule has 0 amide bonds. The molecule has 0 spiro atoms. The van der Waals surface area contributed by atoms with Crippen LogP contribution in [0, 0.1) is 13.8 Å². The first-order valence-corrected chi connectivity index (χ1v) is 7.87. The van der Waals surface area contributed by atoms with E-state index in [0.29, 0.717) is 0 Å². The van der Waals surface area contributed by atoms with E-state index in [1.807, 2.05) is 39.5 Å². The van der Waals surface area contributed by atoms with Crippen molar-refractivity contribution < 1.29 is 0 Å². The van der Waals surface area contributed by atoms with E-state index in [4.69, 9.17) is 0 Å². The van der Waals surface area contributed by atoms with Gasteiger partial charge in [-0.25, -0.2) is 0 Å². The highest BCUT2D eigenvalue weighted by atomic mass is 32.2. The second-order valence-corrected chi connectivity index (χ2v) is 4.88. The van der Waals surface area contributed by atoms with Gasteiger partial charge in [-0.1, -0.05) is 74.8 Å². The van der Waals surface area contributed by atoms with Crippen molar-refractivity contribution in [3.8, 4) is 0 Å². The fraction of sp³-hybridized carbons (Fsp3) is 0.333. The maximum absolute atomic E-state index is 2.22. The first-order chi connectivity index (χ1) is 9.24. The summed E-state index contributed by atoms with van der Waals surface area (Å²) in [4.78, 5) is 2.61. The van der Waals surface area contributed by atoms with Gasteiger partial charge in [0.05, 0.1) is 0 Å². The van der Waals surface area contributed by atoms with Crippen molar-refractivity contribution in [3.63, 3.8) is 0 Å². The van der Waals surface area contributed by atoms with E-state index in [9.17, 15) is 0 Å². The SMILES string of the molecule is CC.CC.Cc1cccc(Sc2cccc(C)c2)c1. The number of hydrogen-bond donors (Lipinski definition) is 0. The fourth-order valence-electron chi connectivity index (χ4n) is 1.49. The van der Waals surface area contributed by atoms with Crippen LogP contribution in [0.3, 0.4) is 0 Å². The van der Waals surface area contributed by atoms with Crippen LogP contribution < -0.4 is 0 Å². The van der Waals surface area contributed by atoms with E-state index in [2.05, 4.69) is 62.4 Å². The van der Waals surface area contributed by atoms with Gasteiger partial charge in [-0.15, -0.1) is 0 Å². The topological polar surface area (TPSA) is 0 Å². The Kier molecular flexibility index (Phi) is 10.0. The fourth-order valence-corrected chi connectivity index (χ4v) is 2.55. The molecular formula is C18H26S. The molecule has 0 heterocycles. The Morgan fingerprint density at radius 3 is 1.32 bits per heavy atom. The van der Waals surface area contributed by atoms with Gasteiger partial charge in [0.25, 0.3) is 0 Å². The van der Waals surface area contributed by atoms with Gasteiger partial charge >= 0.3 is 0 Å². The van der Waals surface area contributed by atoms with E-state index in [1.54, 1.807) is 0 Å². The van der Waals surface area contributed by atoms with Crippen molar-refractivity contribution in [2.75, 3.05) is 0 Å². The Labute approximate surface area is 123 Å². The zero-order valence-electron chi connectivity index (χ0n) is 13.0. The monoisotopic (exact) mass is 274 g/mol. The molecule has 0 atom stereocenters. The van der Waals surface area contributed by atoms with Crippen LogP contribution in [0.5, 0.6) is 0 Å². The summed E-state index contributed by atoms with van der Waals surface area (Å²) < 4.78 is 0. The third-order valence-corrected chi connectivity index (χ3v) is 3.19. The summed E-state index contributed by atoms with van der Waals surface area (Å²) in [5.41, 5.74) is 2.63. The van der Waals surface area contributed by atoms with Crippen molar-refractivity contribution in [2.24, 2.45) is 0 Å². The number of rotatable bonds is 2. The Morgan fingerprint density at radius 2 is 1.00 bits per heavy atom. The number of hydrogen-bond acceptors (Lipinski definition) is 1. The van der Waals surface area contributed by atoms with Crippen LogP contribution in [0.2, 0.25) is 0 Å². The quantitative estimate of drug-likeness (QED) is 0.601. The third-order valence-electron chi connectivity index (χ3n) is 2.21. The molecule has 0 nitrogen and oxygen atoms in total. The smallest absolute Gasteiger partial charge is 0.0124 e. The summed E-state index contributed by atoms with van der Waals surface area (Å²) in [6.45, 7) is 12.3. The van der Waals surface area contributed by atoms with E-state index in [1.165, 1.54) is 20.9 Å². The Hall–Kier alpha value is -1.21. The lowest BCUT2D eigenvalue weighted by molar-refractivity contribution is 1.33. The average molecular weight is 274 g/mol. The van der Waals surface area contributed by atoms with Crippen LogP contribution in [0.15, 0.2) is 58.3 Å². The highest BCUT2D eigenvalue weighted by Gasteiger charge is 1.97. The zero-order valence-corrected chi connectivity index (χ0v) is 13.8. The summed E-state index contributed by atoms with van der Waals surface area (Å²) in [6.07, 6.45) is 0. The molecule has 0 aliphatic carbocycles. The van der Waals surface area contributed by atoms with Gasteiger partial charge < -0.3 is 0 Å². The molecule has 0 N–H and O–H groups in total. The van der Waals surface area contributed by atoms with Gasteiger partial charge in [0.2, 0.25) is 0 Å². The second kappa shape index (κ2) is 10.7. The maximum Gasteiger partial charge on any atom is 0.0124 e. The van der Waals surface area contributed by atoms with Crippen LogP contribution in [-0.2, 0) is 0 Å².